The number of hydrogen-bond donors (Lipinski definition) is 0. The van der Waals surface area contributed by atoms with Crippen LogP contribution in [-0.4, -0.2) is 27.5 Å². The van der Waals surface area contributed by atoms with E-state index >= 15 is 0 Å². The van der Waals surface area contributed by atoms with Crippen LogP contribution in [0.3, 0.4) is 0 Å². The number of rotatable bonds is 0. The summed E-state index contributed by atoms with van der Waals surface area (Å²) in [5.41, 5.74) is 0.871. The second-order valence-electron chi connectivity index (χ2n) is 6.82. The lowest BCUT2D eigenvalue weighted by atomic mass is 9.71. The number of fused-ring (bicyclic) bond motifs is 4. The number of carbonyl (C=O) groups excluding carboxylic acids is 1. The summed E-state index contributed by atoms with van der Waals surface area (Å²) in [5, 5.41) is 1.03. The van der Waals surface area contributed by atoms with Gasteiger partial charge < -0.3 is 9.47 Å². The van der Waals surface area contributed by atoms with Crippen molar-refractivity contribution < 1.29 is 4.79 Å². The summed E-state index contributed by atoms with van der Waals surface area (Å²) in [7, 11) is 1.87. The van der Waals surface area contributed by atoms with Gasteiger partial charge in [-0.25, -0.2) is 9.97 Å². The van der Waals surface area contributed by atoms with E-state index in [4.69, 9.17) is 4.98 Å². The molecule has 0 N–H and O–H groups in total. The van der Waals surface area contributed by atoms with Gasteiger partial charge in [-0.05, 0) is 25.8 Å². The molecule has 1 aliphatic heterocycles. The Morgan fingerprint density at radius 3 is 2.73 bits per heavy atom. The number of aryl methyl sites for hydroxylation is 1. The highest BCUT2D eigenvalue weighted by Crippen LogP contribution is 2.49. The summed E-state index contributed by atoms with van der Waals surface area (Å²) >= 11 is 0. The van der Waals surface area contributed by atoms with Gasteiger partial charge in [-0.1, -0.05) is 26.2 Å². The van der Waals surface area contributed by atoms with Gasteiger partial charge in [0, 0.05) is 18.6 Å². The molecule has 1 spiro atoms. The van der Waals surface area contributed by atoms with Gasteiger partial charge in [-0.15, -0.1) is 0 Å². The summed E-state index contributed by atoms with van der Waals surface area (Å²) < 4.78 is 2.35. The SMILES string of the molecule is Cc1ncc2cc3n(c2n1)C1(CCCCC1)C(C)C(=O)N3C. The van der Waals surface area contributed by atoms with Crippen LogP contribution in [0.1, 0.15) is 44.9 Å². The number of anilines is 1. The molecule has 1 atom stereocenters. The van der Waals surface area contributed by atoms with Crippen LogP contribution in [0, 0.1) is 12.8 Å². The molecule has 3 heterocycles. The molecule has 1 fully saturated rings. The third-order valence-electron chi connectivity index (χ3n) is 5.66. The van der Waals surface area contributed by atoms with Crippen molar-refractivity contribution in [3.8, 4) is 0 Å². The molecule has 0 aromatic carbocycles. The smallest absolute Gasteiger partial charge is 0.233 e. The first-order chi connectivity index (χ1) is 10.5. The molecular weight excluding hydrogens is 276 g/mol. The highest BCUT2D eigenvalue weighted by molar-refractivity contribution is 5.99. The van der Waals surface area contributed by atoms with Crippen LogP contribution >= 0.6 is 0 Å². The fourth-order valence-corrected chi connectivity index (χ4v) is 4.39. The zero-order chi connectivity index (χ0) is 15.5. The van der Waals surface area contributed by atoms with E-state index in [0.29, 0.717) is 0 Å². The van der Waals surface area contributed by atoms with Gasteiger partial charge in [0.2, 0.25) is 5.91 Å². The zero-order valence-electron chi connectivity index (χ0n) is 13.5. The van der Waals surface area contributed by atoms with Gasteiger partial charge in [-0.2, -0.15) is 0 Å². The van der Waals surface area contributed by atoms with Gasteiger partial charge in [0.05, 0.1) is 11.5 Å². The molecule has 0 saturated heterocycles. The van der Waals surface area contributed by atoms with Crippen LogP contribution in [0.15, 0.2) is 12.3 Å². The second-order valence-corrected chi connectivity index (χ2v) is 6.82. The summed E-state index contributed by atoms with van der Waals surface area (Å²) in [5.74, 6) is 1.98. The standard InChI is InChI=1S/C17H22N4O/c1-11-16(22)20(3)14-9-13-10-18-12(2)19-15(13)21(14)17(11)7-5-4-6-8-17/h9-11H,4-8H2,1-3H3. The van der Waals surface area contributed by atoms with Gasteiger partial charge in [0.1, 0.15) is 17.3 Å². The molecule has 22 heavy (non-hydrogen) atoms. The maximum Gasteiger partial charge on any atom is 0.233 e. The highest BCUT2D eigenvalue weighted by atomic mass is 16.2. The van der Waals surface area contributed by atoms with Crippen molar-refractivity contribution in [2.45, 2.75) is 51.5 Å². The normalized spacial score (nSPS) is 24.0. The molecule has 4 rings (SSSR count). The summed E-state index contributed by atoms with van der Waals surface area (Å²) in [4.78, 5) is 23.6. The van der Waals surface area contributed by atoms with Crippen molar-refractivity contribution >= 4 is 22.8 Å². The largest absolute Gasteiger partial charge is 0.305 e. The molecule has 1 unspecified atom stereocenters. The minimum absolute atomic E-state index is 0.00354. The Bertz CT molecular complexity index is 757. The average molecular weight is 298 g/mol. The molecular formula is C17H22N4O. The predicted molar refractivity (Wildman–Crippen MR) is 85.9 cm³/mol. The first-order valence-electron chi connectivity index (χ1n) is 8.18. The number of aromatic nitrogens is 3. The molecule has 2 aliphatic rings. The van der Waals surface area contributed by atoms with Gasteiger partial charge in [0.15, 0.2) is 0 Å². The molecule has 5 nitrogen and oxygen atoms in total. The lowest BCUT2D eigenvalue weighted by molar-refractivity contribution is -0.127. The molecule has 2 aromatic rings. The van der Waals surface area contributed by atoms with E-state index in [2.05, 4.69) is 22.5 Å². The molecule has 0 bridgehead atoms. The molecule has 2 aromatic heterocycles. The number of nitrogens with zero attached hydrogens (tertiary/aromatic N) is 4. The fourth-order valence-electron chi connectivity index (χ4n) is 4.39. The maximum atomic E-state index is 12.8. The predicted octanol–water partition coefficient (Wildman–Crippen LogP) is 3.01. The zero-order valence-corrected chi connectivity index (χ0v) is 13.5. The lowest BCUT2D eigenvalue weighted by Gasteiger charge is -2.49. The molecule has 0 radical (unpaired) electrons. The topological polar surface area (TPSA) is 51.0 Å². The second kappa shape index (κ2) is 4.54. The van der Waals surface area contributed by atoms with E-state index in [9.17, 15) is 4.79 Å². The van der Waals surface area contributed by atoms with Crippen LogP contribution in [0.25, 0.3) is 11.0 Å². The van der Waals surface area contributed by atoms with E-state index in [1.165, 1.54) is 19.3 Å². The van der Waals surface area contributed by atoms with E-state index in [-0.39, 0.29) is 17.4 Å². The monoisotopic (exact) mass is 298 g/mol. The first kappa shape index (κ1) is 13.7. The molecule has 1 saturated carbocycles. The number of amides is 1. The number of hydrogen-bond acceptors (Lipinski definition) is 3. The van der Waals surface area contributed by atoms with Crippen LogP contribution < -0.4 is 4.90 Å². The summed E-state index contributed by atoms with van der Waals surface area (Å²) in [6.45, 7) is 4.01. The minimum Gasteiger partial charge on any atom is -0.305 e. The van der Waals surface area contributed by atoms with Crippen molar-refractivity contribution in [1.82, 2.24) is 14.5 Å². The molecule has 1 amide bonds. The summed E-state index contributed by atoms with van der Waals surface area (Å²) in [6, 6.07) is 2.06. The van der Waals surface area contributed by atoms with Crippen LogP contribution in [0.2, 0.25) is 0 Å². The molecule has 116 valence electrons. The Kier molecular flexibility index (Phi) is 2.83. The quantitative estimate of drug-likeness (QED) is 0.751. The van der Waals surface area contributed by atoms with Gasteiger partial charge in [-0.3, -0.25) is 4.79 Å². The highest BCUT2D eigenvalue weighted by Gasteiger charge is 2.49. The van der Waals surface area contributed by atoms with E-state index in [0.717, 1.165) is 35.5 Å². The van der Waals surface area contributed by atoms with Crippen LogP contribution in [0.4, 0.5) is 5.82 Å². The summed E-state index contributed by atoms with van der Waals surface area (Å²) in [6.07, 6.45) is 7.64. The van der Waals surface area contributed by atoms with E-state index < -0.39 is 0 Å². The van der Waals surface area contributed by atoms with Crippen molar-refractivity contribution in [1.29, 1.82) is 0 Å². The Morgan fingerprint density at radius 2 is 2.00 bits per heavy atom. The maximum absolute atomic E-state index is 12.8. The van der Waals surface area contributed by atoms with Crippen LogP contribution in [0.5, 0.6) is 0 Å². The average Bonchev–Trinajstić information content (AvgIpc) is 2.91. The van der Waals surface area contributed by atoms with Crippen LogP contribution in [-0.2, 0) is 10.3 Å². The van der Waals surface area contributed by atoms with Gasteiger partial charge >= 0.3 is 0 Å². The van der Waals surface area contributed by atoms with Crippen molar-refractivity contribution in [3.05, 3.63) is 18.1 Å². The van der Waals surface area contributed by atoms with E-state index in [1.807, 2.05) is 20.2 Å². The first-order valence-corrected chi connectivity index (χ1v) is 8.18. The molecule has 5 heteroatoms. The van der Waals surface area contributed by atoms with Crippen molar-refractivity contribution in [2.24, 2.45) is 5.92 Å². The lowest BCUT2D eigenvalue weighted by Crippen LogP contribution is -2.54. The number of carbonyl (C=O) groups is 1. The fraction of sp³-hybridized carbons (Fsp3) is 0.588. The van der Waals surface area contributed by atoms with Gasteiger partial charge in [0.25, 0.3) is 0 Å². The van der Waals surface area contributed by atoms with E-state index in [1.54, 1.807) is 4.90 Å². The van der Waals surface area contributed by atoms with Crippen molar-refractivity contribution in [3.63, 3.8) is 0 Å². The Labute approximate surface area is 130 Å². The van der Waals surface area contributed by atoms with Crippen molar-refractivity contribution in [2.75, 3.05) is 11.9 Å². The Morgan fingerprint density at radius 1 is 1.27 bits per heavy atom. The third-order valence-corrected chi connectivity index (χ3v) is 5.66. The minimum atomic E-state index is -0.111. The Hall–Kier alpha value is -1.91. The Balaban J connectivity index is 2.06. The molecule has 1 aliphatic carbocycles. The third kappa shape index (κ3) is 1.62.